The maximum Gasteiger partial charge on any atom is 0.224 e. The summed E-state index contributed by atoms with van der Waals surface area (Å²) >= 11 is 7.43. The highest BCUT2D eigenvalue weighted by atomic mass is 35.5. The first-order valence-electron chi connectivity index (χ1n) is 4.23. The summed E-state index contributed by atoms with van der Waals surface area (Å²) in [5, 5.41) is 2.22. The zero-order chi connectivity index (χ0) is 10.3. The Hall–Kier alpha value is -1.46. The Labute approximate surface area is 94.2 Å². The molecule has 0 N–H and O–H groups in total. The van der Waals surface area contributed by atoms with Crippen molar-refractivity contribution >= 4 is 33.2 Å². The fraction of sp³-hybridized carbons (Fsp3) is 0. The molecule has 3 heterocycles. The highest BCUT2D eigenvalue weighted by molar-refractivity contribution is 7.17. The summed E-state index contributed by atoms with van der Waals surface area (Å²) in [4.78, 5) is 12.3. The SMILES string of the molecule is Clc1nc(-n2ccnc2)c2sccc2n1. The summed E-state index contributed by atoms with van der Waals surface area (Å²) in [5.74, 6) is 0.775. The van der Waals surface area contributed by atoms with Crippen LogP contribution < -0.4 is 0 Å². The fourth-order valence-electron chi connectivity index (χ4n) is 1.38. The van der Waals surface area contributed by atoms with E-state index in [2.05, 4.69) is 15.0 Å². The first-order chi connectivity index (χ1) is 7.34. The Bertz CT molecular complexity index is 602. The first-order valence-corrected chi connectivity index (χ1v) is 5.49. The minimum absolute atomic E-state index is 0.254. The summed E-state index contributed by atoms with van der Waals surface area (Å²) < 4.78 is 2.84. The number of aromatic nitrogens is 4. The summed E-state index contributed by atoms with van der Waals surface area (Å²) in [6.45, 7) is 0. The fourth-order valence-corrected chi connectivity index (χ4v) is 2.37. The van der Waals surface area contributed by atoms with Gasteiger partial charge in [0.25, 0.3) is 0 Å². The van der Waals surface area contributed by atoms with Crippen LogP contribution in [0, 0.1) is 0 Å². The van der Waals surface area contributed by atoms with Gasteiger partial charge in [0.2, 0.25) is 5.28 Å². The number of fused-ring (bicyclic) bond motifs is 1. The third-order valence-corrected chi connectivity index (χ3v) is 3.08. The molecule has 0 radical (unpaired) electrons. The summed E-state index contributed by atoms with van der Waals surface area (Å²) in [5.41, 5.74) is 0.865. The van der Waals surface area contributed by atoms with Crippen LogP contribution in [0.5, 0.6) is 0 Å². The molecular formula is C9H5ClN4S. The molecule has 0 bridgehead atoms. The van der Waals surface area contributed by atoms with Gasteiger partial charge in [-0.05, 0) is 23.0 Å². The second kappa shape index (κ2) is 3.29. The zero-order valence-electron chi connectivity index (χ0n) is 7.46. The van der Waals surface area contributed by atoms with Crippen molar-refractivity contribution in [1.82, 2.24) is 19.5 Å². The van der Waals surface area contributed by atoms with Crippen LogP contribution in [0.1, 0.15) is 0 Å². The number of hydrogen-bond donors (Lipinski definition) is 0. The zero-order valence-corrected chi connectivity index (χ0v) is 9.03. The van der Waals surface area contributed by atoms with E-state index in [4.69, 9.17) is 11.6 Å². The summed E-state index contributed by atoms with van der Waals surface area (Å²) in [6, 6.07) is 1.92. The molecule has 0 unspecified atom stereocenters. The number of nitrogens with zero attached hydrogens (tertiary/aromatic N) is 4. The Balaban J connectivity index is 2.38. The topological polar surface area (TPSA) is 43.6 Å². The van der Waals surface area contributed by atoms with Crippen LogP contribution in [0.2, 0.25) is 5.28 Å². The molecule has 0 fully saturated rings. The van der Waals surface area contributed by atoms with E-state index < -0.39 is 0 Å². The molecule has 3 rings (SSSR count). The van der Waals surface area contributed by atoms with Gasteiger partial charge in [0.15, 0.2) is 5.82 Å². The Morgan fingerprint density at radius 1 is 1.33 bits per heavy atom. The van der Waals surface area contributed by atoms with E-state index in [1.54, 1.807) is 23.9 Å². The smallest absolute Gasteiger partial charge is 0.224 e. The lowest BCUT2D eigenvalue weighted by atomic mass is 10.4. The molecule has 0 aromatic carbocycles. The van der Waals surface area contributed by atoms with E-state index in [0.717, 1.165) is 16.0 Å². The van der Waals surface area contributed by atoms with Gasteiger partial charge in [-0.2, -0.15) is 4.98 Å². The van der Waals surface area contributed by atoms with Crippen molar-refractivity contribution in [3.05, 3.63) is 35.5 Å². The molecule has 3 aromatic rings. The lowest BCUT2D eigenvalue weighted by Gasteiger charge is -2.02. The van der Waals surface area contributed by atoms with Gasteiger partial charge in [0.1, 0.15) is 6.33 Å². The van der Waals surface area contributed by atoms with Gasteiger partial charge in [0.05, 0.1) is 10.2 Å². The lowest BCUT2D eigenvalue weighted by Crippen LogP contribution is -1.96. The maximum atomic E-state index is 5.85. The van der Waals surface area contributed by atoms with Crippen LogP contribution >= 0.6 is 22.9 Å². The van der Waals surface area contributed by atoms with Crippen LogP contribution in [0.4, 0.5) is 0 Å². The molecule has 6 heteroatoms. The minimum atomic E-state index is 0.254. The van der Waals surface area contributed by atoms with Gasteiger partial charge < -0.3 is 0 Å². The average Bonchev–Trinajstić information content (AvgIpc) is 2.86. The molecular weight excluding hydrogens is 232 g/mol. The van der Waals surface area contributed by atoms with Gasteiger partial charge in [-0.3, -0.25) is 4.57 Å². The second-order valence-corrected chi connectivity index (χ2v) is 4.18. The highest BCUT2D eigenvalue weighted by Crippen LogP contribution is 2.25. The molecule has 15 heavy (non-hydrogen) atoms. The van der Waals surface area contributed by atoms with Gasteiger partial charge in [-0.1, -0.05) is 0 Å². The molecule has 0 amide bonds. The maximum absolute atomic E-state index is 5.85. The molecule has 0 atom stereocenters. The van der Waals surface area contributed by atoms with Gasteiger partial charge in [-0.15, -0.1) is 11.3 Å². The van der Waals surface area contributed by atoms with E-state index in [1.807, 2.05) is 22.2 Å². The second-order valence-electron chi connectivity index (χ2n) is 2.92. The van der Waals surface area contributed by atoms with Gasteiger partial charge in [-0.25, -0.2) is 9.97 Å². The number of thiophene rings is 1. The quantitative estimate of drug-likeness (QED) is 0.610. The Morgan fingerprint density at radius 2 is 2.27 bits per heavy atom. The van der Waals surface area contributed by atoms with Crippen LogP contribution in [0.15, 0.2) is 30.2 Å². The molecule has 3 aromatic heterocycles. The van der Waals surface area contributed by atoms with Crippen LogP contribution in [0.3, 0.4) is 0 Å². The van der Waals surface area contributed by atoms with E-state index >= 15 is 0 Å². The van der Waals surface area contributed by atoms with E-state index in [1.165, 1.54) is 0 Å². The minimum Gasteiger partial charge on any atom is -0.289 e. The Morgan fingerprint density at radius 3 is 3.07 bits per heavy atom. The third kappa shape index (κ3) is 1.40. The third-order valence-electron chi connectivity index (χ3n) is 2.01. The average molecular weight is 237 g/mol. The van der Waals surface area contributed by atoms with Crippen molar-refractivity contribution in [2.45, 2.75) is 0 Å². The van der Waals surface area contributed by atoms with Crippen LogP contribution in [0.25, 0.3) is 16.0 Å². The normalized spacial score (nSPS) is 11.0. The van der Waals surface area contributed by atoms with Crippen LogP contribution in [-0.4, -0.2) is 19.5 Å². The number of hydrogen-bond acceptors (Lipinski definition) is 4. The summed E-state index contributed by atoms with van der Waals surface area (Å²) in [6.07, 6.45) is 5.23. The molecule has 4 nitrogen and oxygen atoms in total. The monoisotopic (exact) mass is 236 g/mol. The molecule has 0 saturated carbocycles. The van der Waals surface area contributed by atoms with Gasteiger partial charge >= 0.3 is 0 Å². The predicted molar refractivity (Wildman–Crippen MR) is 59.5 cm³/mol. The molecule has 0 saturated heterocycles. The van der Waals surface area contributed by atoms with Crippen molar-refractivity contribution in [1.29, 1.82) is 0 Å². The molecule has 0 aliphatic carbocycles. The van der Waals surface area contributed by atoms with Crippen molar-refractivity contribution in [2.24, 2.45) is 0 Å². The highest BCUT2D eigenvalue weighted by Gasteiger charge is 2.08. The lowest BCUT2D eigenvalue weighted by molar-refractivity contribution is 0.997. The summed E-state index contributed by atoms with van der Waals surface area (Å²) in [7, 11) is 0. The molecule has 0 aliphatic rings. The first kappa shape index (κ1) is 8.82. The Kier molecular flexibility index (Phi) is 1.93. The van der Waals surface area contributed by atoms with E-state index in [9.17, 15) is 0 Å². The van der Waals surface area contributed by atoms with Gasteiger partial charge in [0, 0.05) is 12.4 Å². The molecule has 0 aliphatic heterocycles. The molecule has 0 spiro atoms. The van der Waals surface area contributed by atoms with E-state index in [0.29, 0.717) is 0 Å². The van der Waals surface area contributed by atoms with Crippen molar-refractivity contribution in [3.63, 3.8) is 0 Å². The standard InChI is InChI=1S/C9H5ClN4S/c10-9-12-6-1-4-15-7(6)8(13-9)14-3-2-11-5-14/h1-5H. The van der Waals surface area contributed by atoms with Crippen molar-refractivity contribution < 1.29 is 0 Å². The number of imidazole rings is 1. The van der Waals surface area contributed by atoms with Crippen LogP contribution in [-0.2, 0) is 0 Å². The number of rotatable bonds is 1. The predicted octanol–water partition coefficient (Wildman–Crippen LogP) is 2.53. The van der Waals surface area contributed by atoms with E-state index in [-0.39, 0.29) is 5.28 Å². The van der Waals surface area contributed by atoms with Crippen molar-refractivity contribution in [3.8, 4) is 5.82 Å². The van der Waals surface area contributed by atoms with Crippen molar-refractivity contribution in [2.75, 3.05) is 0 Å². The molecule has 74 valence electrons. The largest absolute Gasteiger partial charge is 0.289 e. The number of halogens is 1.